The van der Waals surface area contributed by atoms with Crippen LogP contribution in [0, 0.1) is 0 Å². The van der Waals surface area contributed by atoms with Crippen LogP contribution in [0.15, 0.2) is 24.3 Å². The van der Waals surface area contributed by atoms with Gasteiger partial charge in [0.2, 0.25) is 0 Å². The van der Waals surface area contributed by atoms with Gasteiger partial charge in [0.05, 0.1) is 5.69 Å². The first kappa shape index (κ1) is 13.6. The highest BCUT2D eigenvalue weighted by molar-refractivity contribution is 7.15. The molecule has 0 unspecified atom stereocenters. The Morgan fingerprint density at radius 3 is 2.95 bits per heavy atom. The Hall–Kier alpha value is -1.39. The van der Waals surface area contributed by atoms with Gasteiger partial charge in [-0.2, -0.15) is 0 Å². The van der Waals surface area contributed by atoms with Gasteiger partial charge in [0.25, 0.3) is 0 Å². The maximum atomic E-state index is 9.61. The van der Waals surface area contributed by atoms with Crippen molar-refractivity contribution in [1.29, 1.82) is 0 Å². The minimum Gasteiger partial charge on any atom is -0.508 e. The lowest BCUT2D eigenvalue weighted by Crippen LogP contribution is -2.13. The molecule has 0 aliphatic heterocycles. The number of hydrogen-bond acceptors (Lipinski definition) is 4. The molecule has 1 heterocycles. The number of benzene rings is 1. The Kier molecular flexibility index (Phi) is 4.03. The average Bonchev–Trinajstić information content (AvgIpc) is 3.20. The van der Waals surface area contributed by atoms with Gasteiger partial charge in [-0.1, -0.05) is 19.1 Å². The van der Waals surface area contributed by atoms with Crippen LogP contribution in [0.1, 0.15) is 42.7 Å². The third-order valence-corrected chi connectivity index (χ3v) is 4.62. The highest BCUT2D eigenvalue weighted by atomic mass is 32.1. The molecule has 0 saturated heterocycles. The Bertz CT molecular complexity index is 590. The van der Waals surface area contributed by atoms with Crippen molar-refractivity contribution in [3.8, 4) is 16.3 Å². The monoisotopic (exact) mass is 288 g/mol. The van der Waals surface area contributed by atoms with Crippen LogP contribution >= 0.6 is 11.3 Å². The van der Waals surface area contributed by atoms with Crippen LogP contribution in [-0.4, -0.2) is 16.6 Å². The number of thiazole rings is 1. The van der Waals surface area contributed by atoms with Crippen molar-refractivity contribution in [3.63, 3.8) is 0 Å². The number of phenols is 1. The van der Waals surface area contributed by atoms with Crippen molar-refractivity contribution in [3.05, 3.63) is 34.8 Å². The zero-order valence-corrected chi connectivity index (χ0v) is 12.5. The van der Waals surface area contributed by atoms with Crippen molar-refractivity contribution in [2.24, 2.45) is 0 Å². The van der Waals surface area contributed by atoms with Gasteiger partial charge in [0.1, 0.15) is 10.8 Å². The number of hydrogen-bond donors (Lipinski definition) is 2. The molecule has 0 atom stereocenters. The van der Waals surface area contributed by atoms with E-state index in [0.717, 1.165) is 30.1 Å². The minimum absolute atomic E-state index is 0.302. The molecule has 1 aliphatic rings. The summed E-state index contributed by atoms with van der Waals surface area (Å²) in [4.78, 5) is 6.19. The van der Waals surface area contributed by atoms with Gasteiger partial charge in [-0.05, 0) is 37.9 Å². The van der Waals surface area contributed by atoms with E-state index in [0.29, 0.717) is 11.7 Å². The molecular weight excluding hydrogens is 268 g/mol. The Morgan fingerprint density at radius 2 is 2.25 bits per heavy atom. The van der Waals surface area contributed by atoms with Crippen molar-refractivity contribution in [2.45, 2.75) is 38.6 Å². The summed E-state index contributed by atoms with van der Waals surface area (Å²) in [6.07, 6.45) is 3.69. The molecule has 0 radical (unpaired) electrons. The molecule has 3 nitrogen and oxygen atoms in total. The first-order valence-corrected chi connectivity index (χ1v) is 8.09. The summed E-state index contributed by atoms with van der Waals surface area (Å²) in [5.41, 5.74) is 2.29. The molecule has 1 saturated carbocycles. The summed E-state index contributed by atoms with van der Waals surface area (Å²) in [6.45, 7) is 4.14. The van der Waals surface area contributed by atoms with Crippen LogP contribution < -0.4 is 5.32 Å². The van der Waals surface area contributed by atoms with Gasteiger partial charge in [0, 0.05) is 22.9 Å². The number of aromatic nitrogens is 1. The van der Waals surface area contributed by atoms with Crippen LogP contribution in [0.4, 0.5) is 0 Å². The molecule has 3 rings (SSSR count). The third-order valence-electron chi connectivity index (χ3n) is 3.50. The molecule has 2 aromatic rings. The van der Waals surface area contributed by atoms with E-state index in [9.17, 15) is 5.11 Å². The van der Waals surface area contributed by atoms with Gasteiger partial charge < -0.3 is 10.4 Å². The van der Waals surface area contributed by atoms with Gasteiger partial charge in [0.15, 0.2) is 0 Å². The van der Waals surface area contributed by atoms with Crippen LogP contribution in [0.3, 0.4) is 0 Å². The van der Waals surface area contributed by atoms with Crippen LogP contribution in [0.25, 0.3) is 10.6 Å². The van der Waals surface area contributed by atoms with Gasteiger partial charge in [-0.3, -0.25) is 0 Å². The van der Waals surface area contributed by atoms with E-state index in [4.69, 9.17) is 4.98 Å². The first-order chi connectivity index (χ1) is 9.78. The summed E-state index contributed by atoms with van der Waals surface area (Å²) in [7, 11) is 0. The molecule has 4 heteroatoms. The number of nitrogens with one attached hydrogen (secondary N) is 1. The molecule has 1 fully saturated rings. The normalized spacial score (nSPS) is 14.7. The zero-order valence-electron chi connectivity index (χ0n) is 11.7. The highest BCUT2D eigenvalue weighted by Gasteiger charge is 2.29. The predicted octanol–water partition coefficient (Wildman–Crippen LogP) is 3.89. The fourth-order valence-corrected chi connectivity index (χ4v) is 3.42. The van der Waals surface area contributed by atoms with E-state index in [-0.39, 0.29) is 0 Å². The Morgan fingerprint density at radius 1 is 1.40 bits per heavy atom. The van der Waals surface area contributed by atoms with Gasteiger partial charge in [-0.25, -0.2) is 4.98 Å². The van der Waals surface area contributed by atoms with Crippen LogP contribution in [0.5, 0.6) is 5.75 Å². The van der Waals surface area contributed by atoms with Gasteiger partial charge in [-0.15, -0.1) is 11.3 Å². The largest absolute Gasteiger partial charge is 0.508 e. The van der Waals surface area contributed by atoms with Crippen LogP contribution in [-0.2, 0) is 6.54 Å². The summed E-state index contributed by atoms with van der Waals surface area (Å²) in [5.74, 6) is 0.965. The van der Waals surface area contributed by atoms with E-state index in [1.165, 1.54) is 23.4 Å². The van der Waals surface area contributed by atoms with Crippen molar-refractivity contribution in [1.82, 2.24) is 10.3 Å². The Balaban J connectivity index is 1.86. The fourth-order valence-electron chi connectivity index (χ4n) is 2.31. The number of nitrogens with zero attached hydrogens (tertiary/aromatic N) is 1. The second kappa shape index (κ2) is 5.94. The molecule has 106 valence electrons. The second-order valence-corrected chi connectivity index (χ2v) is 6.41. The molecule has 2 N–H and O–H groups in total. The fraction of sp³-hybridized carbons (Fsp3) is 0.438. The maximum Gasteiger partial charge on any atom is 0.124 e. The highest BCUT2D eigenvalue weighted by Crippen LogP contribution is 2.44. The van der Waals surface area contributed by atoms with E-state index >= 15 is 0 Å². The molecule has 20 heavy (non-hydrogen) atoms. The average molecular weight is 288 g/mol. The summed E-state index contributed by atoms with van der Waals surface area (Å²) in [6, 6.07) is 7.37. The third kappa shape index (κ3) is 3.02. The molecule has 1 aromatic carbocycles. The van der Waals surface area contributed by atoms with Crippen molar-refractivity contribution in [2.75, 3.05) is 6.54 Å². The maximum absolute atomic E-state index is 9.61. The summed E-state index contributed by atoms with van der Waals surface area (Å²) < 4.78 is 0. The molecular formula is C16H20N2OS. The lowest BCUT2D eigenvalue weighted by atomic mass is 10.2. The minimum atomic E-state index is 0.302. The zero-order chi connectivity index (χ0) is 13.9. The van der Waals surface area contributed by atoms with Crippen molar-refractivity contribution >= 4 is 11.3 Å². The molecule has 0 spiro atoms. The number of phenolic OH excluding ortho intramolecular Hbond substituents is 1. The predicted molar refractivity (Wildman–Crippen MR) is 83.2 cm³/mol. The summed E-state index contributed by atoms with van der Waals surface area (Å²) >= 11 is 1.76. The van der Waals surface area contributed by atoms with E-state index < -0.39 is 0 Å². The van der Waals surface area contributed by atoms with Crippen molar-refractivity contribution < 1.29 is 5.11 Å². The molecule has 0 amide bonds. The first-order valence-electron chi connectivity index (χ1n) is 7.27. The molecule has 1 aromatic heterocycles. The quantitative estimate of drug-likeness (QED) is 0.793. The standard InChI is InChI=1S/C16H20N2OS/c1-2-8-17-10-14-15(11-6-7-11)18-16(20-14)12-4-3-5-13(19)9-12/h3-5,9,11,17,19H,2,6-8,10H2,1H3. The lowest BCUT2D eigenvalue weighted by Gasteiger charge is -2.01. The molecule has 0 bridgehead atoms. The lowest BCUT2D eigenvalue weighted by molar-refractivity contribution is 0.475. The van der Waals surface area contributed by atoms with E-state index in [1.807, 2.05) is 12.1 Å². The smallest absolute Gasteiger partial charge is 0.124 e. The Labute approximate surface area is 123 Å². The van der Waals surface area contributed by atoms with E-state index in [1.54, 1.807) is 23.5 Å². The second-order valence-electron chi connectivity index (χ2n) is 5.33. The summed E-state index contributed by atoms with van der Waals surface area (Å²) in [5, 5.41) is 14.1. The topological polar surface area (TPSA) is 45.1 Å². The number of rotatable bonds is 6. The molecule has 1 aliphatic carbocycles. The van der Waals surface area contributed by atoms with E-state index in [2.05, 4.69) is 12.2 Å². The number of aromatic hydroxyl groups is 1. The SMILES string of the molecule is CCCNCc1sc(-c2cccc(O)c2)nc1C1CC1. The van der Waals surface area contributed by atoms with Gasteiger partial charge >= 0.3 is 0 Å². The van der Waals surface area contributed by atoms with Crippen LogP contribution in [0.2, 0.25) is 0 Å².